The number of epoxide rings is 1. The number of nitrogens with one attached hydrogen (secondary N) is 1. The Balaban J connectivity index is 2.07. The van der Waals surface area contributed by atoms with Crippen LogP contribution < -0.4 is 5.32 Å². The highest BCUT2D eigenvalue weighted by atomic mass is 16.6. The first-order valence-electron chi connectivity index (χ1n) is 6.75. The lowest BCUT2D eigenvalue weighted by atomic mass is 9.81. The van der Waals surface area contributed by atoms with Crippen LogP contribution in [-0.2, 0) is 14.9 Å². The van der Waals surface area contributed by atoms with Gasteiger partial charge >= 0.3 is 0 Å². The summed E-state index contributed by atoms with van der Waals surface area (Å²) >= 11 is 0. The quantitative estimate of drug-likeness (QED) is 0.846. The Kier molecular flexibility index (Phi) is 3.43. The van der Waals surface area contributed by atoms with Gasteiger partial charge in [-0.1, -0.05) is 37.6 Å². The van der Waals surface area contributed by atoms with Crippen molar-refractivity contribution in [1.29, 1.82) is 0 Å². The third-order valence-electron chi connectivity index (χ3n) is 3.86. The summed E-state index contributed by atoms with van der Waals surface area (Å²) < 4.78 is 5.16. The number of carbonyl (C=O) groups is 1. The predicted molar refractivity (Wildman–Crippen MR) is 76.3 cm³/mol. The van der Waals surface area contributed by atoms with E-state index in [9.17, 15) is 4.79 Å². The van der Waals surface area contributed by atoms with Gasteiger partial charge in [0.1, 0.15) is 0 Å². The largest absolute Gasteiger partial charge is 0.359 e. The molecule has 1 fully saturated rings. The van der Waals surface area contributed by atoms with Gasteiger partial charge in [-0.3, -0.25) is 4.79 Å². The van der Waals surface area contributed by atoms with Crippen molar-refractivity contribution in [3.8, 4) is 0 Å². The summed E-state index contributed by atoms with van der Waals surface area (Å²) in [5, 5.41) is 3.00. The van der Waals surface area contributed by atoms with Gasteiger partial charge in [-0.05, 0) is 31.9 Å². The lowest BCUT2D eigenvalue weighted by Crippen LogP contribution is -2.42. The van der Waals surface area contributed by atoms with E-state index in [-0.39, 0.29) is 11.3 Å². The number of amides is 1. The molecule has 1 atom stereocenters. The number of carbonyl (C=O) groups excluding carboxylic acids is 1. The molecule has 104 valence electrons. The molecule has 0 radical (unpaired) electrons. The zero-order chi connectivity index (χ0) is 14.3. The maximum absolute atomic E-state index is 11.9. The highest BCUT2D eigenvalue weighted by Gasteiger charge is 2.47. The van der Waals surface area contributed by atoms with E-state index >= 15 is 0 Å². The predicted octanol–water partition coefficient (Wildman–Crippen LogP) is 2.49. The minimum atomic E-state index is -0.585. The minimum absolute atomic E-state index is 0.00894. The van der Waals surface area contributed by atoms with Crippen LogP contribution in [0, 0.1) is 13.8 Å². The second kappa shape index (κ2) is 4.64. The molecular weight excluding hydrogens is 238 g/mol. The Labute approximate surface area is 115 Å². The monoisotopic (exact) mass is 261 g/mol. The second-order valence-corrected chi connectivity index (χ2v) is 6.40. The van der Waals surface area contributed by atoms with E-state index in [2.05, 4.69) is 51.2 Å². The maximum Gasteiger partial charge on any atom is 0.254 e. The summed E-state index contributed by atoms with van der Waals surface area (Å²) in [7, 11) is 0. The van der Waals surface area contributed by atoms with Crippen LogP contribution in [0.3, 0.4) is 0 Å². The van der Waals surface area contributed by atoms with Gasteiger partial charge in [0.15, 0.2) is 5.60 Å². The molecule has 3 nitrogen and oxygen atoms in total. The second-order valence-electron chi connectivity index (χ2n) is 6.40. The van der Waals surface area contributed by atoms with Gasteiger partial charge in [0.25, 0.3) is 5.91 Å². The molecule has 3 heteroatoms. The summed E-state index contributed by atoms with van der Waals surface area (Å²) in [6, 6.07) is 6.47. The summed E-state index contributed by atoms with van der Waals surface area (Å²) in [4.78, 5) is 11.9. The van der Waals surface area contributed by atoms with Crippen molar-refractivity contribution in [3.63, 3.8) is 0 Å². The number of ether oxygens (including phenoxy) is 1. The first-order chi connectivity index (χ1) is 8.74. The van der Waals surface area contributed by atoms with Gasteiger partial charge in [-0.2, -0.15) is 0 Å². The Hall–Kier alpha value is -1.35. The third kappa shape index (κ3) is 2.98. The molecule has 19 heavy (non-hydrogen) atoms. The Bertz CT molecular complexity index is 501. The van der Waals surface area contributed by atoms with Crippen LogP contribution >= 0.6 is 0 Å². The highest BCUT2D eigenvalue weighted by Crippen LogP contribution is 2.28. The molecule has 0 bridgehead atoms. The van der Waals surface area contributed by atoms with E-state index in [0.717, 1.165) is 0 Å². The summed E-state index contributed by atoms with van der Waals surface area (Å²) in [5.74, 6) is -0.00894. The maximum atomic E-state index is 11.9. The first-order valence-corrected chi connectivity index (χ1v) is 6.75. The zero-order valence-corrected chi connectivity index (χ0v) is 12.5. The molecule has 1 saturated heterocycles. The molecule has 1 aromatic carbocycles. The molecule has 2 rings (SSSR count). The van der Waals surface area contributed by atoms with Crippen LogP contribution in [0.2, 0.25) is 0 Å². The molecule has 1 unspecified atom stereocenters. The van der Waals surface area contributed by atoms with Gasteiger partial charge in [-0.25, -0.2) is 0 Å². The number of benzene rings is 1. The van der Waals surface area contributed by atoms with Crippen LogP contribution in [-0.4, -0.2) is 24.7 Å². The molecular formula is C16H23NO2. The van der Waals surface area contributed by atoms with Gasteiger partial charge in [0.05, 0.1) is 6.61 Å². The van der Waals surface area contributed by atoms with Crippen LogP contribution in [0.1, 0.15) is 37.5 Å². The number of hydrogen-bond donors (Lipinski definition) is 1. The molecule has 1 amide bonds. The van der Waals surface area contributed by atoms with Gasteiger partial charge in [-0.15, -0.1) is 0 Å². The highest BCUT2D eigenvalue weighted by molar-refractivity contribution is 5.87. The number of aryl methyl sites for hydroxylation is 2. The molecule has 0 saturated carbocycles. The van der Waals surface area contributed by atoms with Gasteiger partial charge in [0, 0.05) is 12.0 Å². The van der Waals surface area contributed by atoms with Crippen LogP contribution in [0.4, 0.5) is 0 Å². The zero-order valence-electron chi connectivity index (χ0n) is 12.5. The van der Waals surface area contributed by atoms with Crippen molar-refractivity contribution < 1.29 is 9.53 Å². The van der Waals surface area contributed by atoms with Crippen molar-refractivity contribution in [2.45, 2.75) is 45.6 Å². The fourth-order valence-electron chi connectivity index (χ4n) is 2.40. The van der Waals surface area contributed by atoms with E-state index in [0.29, 0.717) is 13.2 Å². The fourth-order valence-corrected chi connectivity index (χ4v) is 2.40. The molecule has 0 spiro atoms. The van der Waals surface area contributed by atoms with Crippen molar-refractivity contribution >= 4 is 5.91 Å². The van der Waals surface area contributed by atoms with Crippen molar-refractivity contribution in [1.82, 2.24) is 5.32 Å². The SMILES string of the molecule is Cc1ccc(C(C)(C)CNC(=O)C2(C)CO2)c(C)c1. The molecule has 0 aliphatic carbocycles. The molecule has 1 aliphatic heterocycles. The van der Waals surface area contributed by atoms with E-state index < -0.39 is 5.60 Å². The van der Waals surface area contributed by atoms with Crippen molar-refractivity contribution in [3.05, 3.63) is 34.9 Å². The summed E-state index contributed by atoms with van der Waals surface area (Å²) in [5.41, 5.74) is 3.14. The molecule has 1 aliphatic rings. The van der Waals surface area contributed by atoms with E-state index in [1.807, 2.05) is 6.92 Å². The third-order valence-corrected chi connectivity index (χ3v) is 3.86. The average molecular weight is 261 g/mol. The van der Waals surface area contributed by atoms with Crippen LogP contribution in [0.25, 0.3) is 0 Å². The topological polar surface area (TPSA) is 41.6 Å². The summed E-state index contributed by atoms with van der Waals surface area (Å²) in [6.45, 7) is 11.5. The Morgan fingerprint density at radius 3 is 2.58 bits per heavy atom. The van der Waals surface area contributed by atoms with Gasteiger partial charge in [0.2, 0.25) is 0 Å². The van der Waals surface area contributed by atoms with E-state index in [1.165, 1.54) is 16.7 Å². The fraction of sp³-hybridized carbons (Fsp3) is 0.562. The van der Waals surface area contributed by atoms with E-state index in [4.69, 9.17) is 4.74 Å². The molecule has 1 N–H and O–H groups in total. The van der Waals surface area contributed by atoms with Crippen LogP contribution in [0.5, 0.6) is 0 Å². The van der Waals surface area contributed by atoms with Crippen molar-refractivity contribution in [2.75, 3.05) is 13.2 Å². The van der Waals surface area contributed by atoms with Crippen LogP contribution in [0.15, 0.2) is 18.2 Å². The average Bonchev–Trinajstić information content (AvgIpc) is 3.05. The lowest BCUT2D eigenvalue weighted by molar-refractivity contribution is -0.125. The Morgan fingerprint density at radius 2 is 2.05 bits per heavy atom. The first kappa shape index (κ1) is 14.1. The number of hydrogen-bond acceptors (Lipinski definition) is 2. The summed E-state index contributed by atoms with van der Waals surface area (Å²) in [6.07, 6.45) is 0. The Morgan fingerprint density at radius 1 is 1.42 bits per heavy atom. The molecule has 1 aromatic rings. The minimum Gasteiger partial charge on any atom is -0.359 e. The van der Waals surface area contributed by atoms with Crippen molar-refractivity contribution in [2.24, 2.45) is 0 Å². The smallest absolute Gasteiger partial charge is 0.254 e. The standard InChI is InChI=1S/C16H23NO2/c1-11-6-7-13(12(2)8-11)15(3,4)9-17-14(18)16(5)10-19-16/h6-8H,9-10H2,1-5H3,(H,17,18). The number of rotatable bonds is 4. The lowest BCUT2D eigenvalue weighted by Gasteiger charge is -2.28. The van der Waals surface area contributed by atoms with E-state index in [1.54, 1.807) is 0 Å². The normalized spacial score (nSPS) is 22.2. The molecule has 1 heterocycles. The van der Waals surface area contributed by atoms with Gasteiger partial charge < -0.3 is 10.1 Å². The molecule has 0 aromatic heterocycles.